The predicted molar refractivity (Wildman–Crippen MR) is 86.7 cm³/mol. The van der Waals surface area contributed by atoms with Crippen LogP contribution in [0.15, 0.2) is 16.3 Å². The second kappa shape index (κ2) is 8.50. The molecule has 0 aliphatic carbocycles. The van der Waals surface area contributed by atoms with Crippen molar-refractivity contribution in [1.82, 2.24) is 9.21 Å². The van der Waals surface area contributed by atoms with Crippen LogP contribution in [0.5, 0.6) is 0 Å². The number of carbonyl (C=O) groups excluding carboxylic acids is 1. The van der Waals surface area contributed by atoms with Gasteiger partial charge >= 0.3 is 6.18 Å². The van der Waals surface area contributed by atoms with E-state index in [0.29, 0.717) is 17.7 Å². The van der Waals surface area contributed by atoms with E-state index >= 15 is 0 Å². The van der Waals surface area contributed by atoms with Crippen LogP contribution in [-0.2, 0) is 14.8 Å². The number of amides is 1. The molecule has 1 amide bonds. The Morgan fingerprint density at radius 2 is 1.96 bits per heavy atom. The highest BCUT2D eigenvalue weighted by molar-refractivity contribution is 7.91. The van der Waals surface area contributed by atoms with Gasteiger partial charge in [0.2, 0.25) is 5.91 Å². The van der Waals surface area contributed by atoms with Crippen molar-refractivity contribution in [2.75, 3.05) is 26.7 Å². The van der Waals surface area contributed by atoms with Crippen molar-refractivity contribution in [3.8, 4) is 0 Å². The molecule has 1 aromatic heterocycles. The van der Waals surface area contributed by atoms with Gasteiger partial charge in [-0.25, -0.2) is 8.42 Å². The van der Waals surface area contributed by atoms with Gasteiger partial charge in [0.1, 0.15) is 10.8 Å². The lowest BCUT2D eigenvalue weighted by atomic mass is 10.3. The van der Waals surface area contributed by atoms with Crippen LogP contribution in [-0.4, -0.2) is 56.4 Å². The van der Waals surface area contributed by atoms with Crippen LogP contribution in [0.3, 0.4) is 0 Å². The molecule has 0 fully saturated rings. The largest absolute Gasteiger partial charge is 0.406 e. The fourth-order valence-electron chi connectivity index (χ4n) is 1.82. The number of sulfonamides is 1. The number of thiophene rings is 1. The predicted octanol–water partition coefficient (Wildman–Crippen LogP) is 3.21. The second-order valence-electron chi connectivity index (χ2n) is 5.10. The Hall–Kier alpha value is -0.840. The lowest BCUT2D eigenvalue weighted by molar-refractivity contribution is -0.161. The average Bonchev–Trinajstić information content (AvgIpc) is 2.89. The summed E-state index contributed by atoms with van der Waals surface area (Å²) >= 11 is 6.51. The molecule has 0 atom stereocenters. The van der Waals surface area contributed by atoms with Gasteiger partial charge < -0.3 is 4.90 Å². The van der Waals surface area contributed by atoms with Crippen LogP contribution in [0.2, 0.25) is 4.34 Å². The minimum atomic E-state index is -4.54. The zero-order valence-electron chi connectivity index (χ0n) is 13.1. The third-order valence-corrected chi connectivity index (χ3v) is 6.58. The number of alkyl halides is 3. The molecule has 0 saturated carbocycles. The van der Waals surface area contributed by atoms with Crippen molar-refractivity contribution in [2.24, 2.45) is 0 Å². The molecule has 1 heterocycles. The Labute approximate surface area is 148 Å². The third-order valence-electron chi connectivity index (χ3n) is 3.08. The van der Waals surface area contributed by atoms with E-state index in [2.05, 4.69) is 0 Å². The number of hydrogen-bond donors (Lipinski definition) is 0. The van der Waals surface area contributed by atoms with Gasteiger partial charge in [0.25, 0.3) is 10.0 Å². The number of hydrogen-bond acceptors (Lipinski definition) is 4. The Morgan fingerprint density at radius 3 is 2.42 bits per heavy atom. The van der Waals surface area contributed by atoms with Crippen LogP contribution in [0, 0.1) is 0 Å². The fraction of sp³-hybridized carbons (Fsp3) is 0.615. The number of carbonyl (C=O) groups is 1. The molecular formula is C13H18ClF3N2O3S2. The SMILES string of the molecule is CCCCN(CC(F)(F)F)C(=O)CN(C)S(=O)(=O)c1ccc(Cl)s1. The summed E-state index contributed by atoms with van der Waals surface area (Å²) in [7, 11) is -2.83. The highest BCUT2D eigenvalue weighted by Crippen LogP contribution is 2.27. The molecule has 0 radical (unpaired) electrons. The van der Waals surface area contributed by atoms with Crippen LogP contribution in [0.25, 0.3) is 0 Å². The van der Waals surface area contributed by atoms with Gasteiger partial charge in [-0.3, -0.25) is 4.79 Å². The molecular weight excluding hydrogens is 389 g/mol. The molecule has 138 valence electrons. The molecule has 0 bridgehead atoms. The number of likely N-dealkylation sites (N-methyl/N-ethyl adjacent to an activating group) is 1. The van der Waals surface area contributed by atoms with Gasteiger partial charge in [-0.05, 0) is 18.6 Å². The van der Waals surface area contributed by atoms with Gasteiger partial charge in [-0.2, -0.15) is 17.5 Å². The topological polar surface area (TPSA) is 57.7 Å². The van der Waals surface area contributed by atoms with Crippen molar-refractivity contribution in [2.45, 2.75) is 30.2 Å². The van der Waals surface area contributed by atoms with E-state index in [1.54, 1.807) is 6.92 Å². The van der Waals surface area contributed by atoms with Crippen molar-refractivity contribution < 1.29 is 26.4 Å². The van der Waals surface area contributed by atoms with Crippen LogP contribution < -0.4 is 0 Å². The first-order chi connectivity index (χ1) is 11.0. The maximum atomic E-state index is 12.6. The zero-order chi connectivity index (χ0) is 18.5. The molecule has 11 heteroatoms. The molecule has 0 aliphatic rings. The van der Waals surface area contributed by atoms with Crippen molar-refractivity contribution in [3.63, 3.8) is 0 Å². The standard InChI is InChI=1S/C13H18ClF3N2O3S2/c1-3-4-7-19(9-13(15,16)17)11(20)8-18(2)24(21,22)12-6-5-10(14)23-12/h5-6H,3-4,7-9H2,1-2H3. The molecule has 0 spiro atoms. The maximum Gasteiger partial charge on any atom is 0.406 e. The maximum absolute atomic E-state index is 12.6. The third kappa shape index (κ3) is 6.23. The van der Waals surface area contributed by atoms with Crippen LogP contribution >= 0.6 is 22.9 Å². The van der Waals surface area contributed by atoms with Gasteiger partial charge in [-0.15, -0.1) is 11.3 Å². The smallest absolute Gasteiger partial charge is 0.332 e. The highest BCUT2D eigenvalue weighted by Gasteiger charge is 2.34. The van der Waals surface area contributed by atoms with E-state index in [1.165, 1.54) is 12.1 Å². The molecule has 5 nitrogen and oxygen atoms in total. The molecule has 0 aliphatic heterocycles. The van der Waals surface area contributed by atoms with E-state index in [9.17, 15) is 26.4 Å². The Balaban J connectivity index is 2.85. The minimum Gasteiger partial charge on any atom is -0.332 e. The molecule has 24 heavy (non-hydrogen) atoms. The Morgan fingerprint density at radius 1 is 1.33 bits per heavy atom. The minimum absolute atomic E-state index is 0.0706. The Bertz CT molecular complexity index is 662. The van der Waals surface area contributed by atoms with Crippen LogP contribution in [0.1, 0.15) is 19.8 Å². The summed E-state index contributed by atoms with van der Waals surface area (Å²) in [6.07, 6.45) is -3.52. The summed E-state index contributed by atoms with van der Waals surface area (Å²) in [5.41, 5.74) is 0. The van der Waals surface area contributed by atoms with Gasteiger partial charge in [0, 0.05) is 13.6 Å². The fourth-order valence-corrected chi connectivity index (χ4v) is 4.64. The number of nitrogens with zero attached hydrogens (tertiary/aromatic N) is 2. The van der Waals surface area contributed by atoms with Crippen molar-refractivity contribution in [1.29, 1.82) is 0 Å². The molecule has 0 aromatic carbocycles. The molecule has 1 rings (SSSR count). The molecule has 0 saturated heterocycles. The molecule has 1 aromatic rings. The summed E-state index contributed by atoms with van der Waals surface area (Å²) in [5.74, 6) is -0.894. The number of halogens is 4. The van der Waals surface area contributed by atoms with Crippen LogP contribution in [0.4, 0.5) is 13.2 Å². The molecule has 0 unspecified atom stereocenters. The highest BCUT2D eigenvalue weighted by atomic mass is 35.5. The lowest BCUT2D eigenvalue weighted by Crippen LogP contribution is -2.45. The van der Waals surface area contributed by atoms with Crippen molar-refractivity contribution >= 4 is 38.9 Å². The average molecular weight is 407 g/mol. The quantitative estimate of drug-likeness (QED) is 0.666. The summed E-state index contributed by atoms with van der Waals surface area (Å²) in [6.45, 7) is -0.358. The zero-order valence-corrected chi connectivity index (χ0v) is 15.5. The number of rotatable bonds is 8. The normalized spacial score (nSPS) is 12.6. The van der Waals surface area contributed by atoms with Gasteiger partial charge in [-0.1, -0.05) is 24.9 Å². The first-order valence-corrected chi connectivity index (χ1v) is 9.67. The van der Waals surface area contributed by atoms with E-state index < -0.39 is 35.2 Å². The summed E-state index contributed by atoms with van der Waals surface area (Å²) in [4.78, 5) is 12.8. The van der Waals surface area contributed by atoms with E-state index in [4.69, 9.17) is 11.6 Å². The number of unbranched alkanes of at least 4 members (excludes halogenated alkanes) is 1. The van der Waals surface area contributed by atoms with Crippen molar-refractivity contribution in [3.05, 3.63) is 16.5 Å². The summed E-state index contributed by atoms with van der Waals surface area (Å²) in [6, 6.07) is 2.68. The first kappa shape index (κ1) is 21.2. The van der Waals surface area contributed by atoms with Gasteiger partial charge in [0.05, 0.1) is 10.9 Å². The van der Waals surface area contributed by atoms with Gasteiger partial charge in [0.15, 0.2) is 0 Å². The monoisotopic (exact) mass is 406 g/mol. The van der Waals surface area contributed by atoms with E-state index in [0.717, 1.165) is 22.7 Å². The Kier molecular flexibility index (Phi) is 7.51. The first-order valence-electron chi connectivity index (χ1n) is 7.03. The summed E-state index contributed by atoms with van der Waals surface area (Å²) < 4.78 is 63.3. The summed E-state index contributed by atoms with van der Waals surface area (Å²) in [5, 5.41) is 0. The van der Waals surface area contributed by atoms with E-state index in [1.807, 2.05) is 0 Å². The molecule has 0 N–H and O–H groups in total. The lowest BCUT2D eigenvalue weighted by Gasteiger charge is -2.26. The van der Waals surface area contributed by atoms with E-state index in [-0.39, 0.29) is 15.1 Å². The second-order valence-corrected chi connectivity index (χ2v) is 9.09.